The molecule has 6 nitrogen and oxygen atoms in total. The molecule has 0 spiro atoms. The van der Waals surface area contributed by atoms with Crippen molar-refractivity contribution in [2.75, 3.05) is 24.8 Å². The van der Waals surface area contributed by atoms with E-state index in [1.54, 1.807) is 19.2 Å². The number of phenolic OH excluding ortho intramolecular Hbond substituents is 1. The van der Waals surface area contributed by atoms with E-state index in [1.165, 1.54) is 18.4 Å². The maximum absolute atomic E-state index is 11.9. The fraction of sp³-hybridized carbons (Fsp3) is 0.286. The first-order valence-corrected chi connectivity index (χ1v) is 7.29. The molecule has 0 fully saturated rings. The van der Waals surface area contributed by atoms with E-state index in [9.17, 15) is 9.90 Å². The Hall–Kier alpha value is -2.28. The van der Waals surface area contributed by atoms with Crippen molar-refractivity contribution in [3.8, 4) is 11.5 Å². The summed E-state index contributed by atoms with van der Waals surface area (Å²) in [5, 5.41) is 16.2. The third kappa shape index (κ3) is 2.40. The lowest BCUT2D eigenvalue weighted by atomic mass is 9.91. The Bertz CT molecular complexity index is 699. The Kier molecular flexibility index (Phi) is 3.42. The van der Waals surface area contributed by atoms with E-state index in [4.69, 9.17) is 4.74 Å². The quantitative estimate of drug-likeness (QED) is 0.811. The van der Waals surface area contributed by atoms with Gasteiger partial charge in [-0.15, -0.1) is 0 Å². The molecular formula is C14H15N3O3S. The highest BCUT2D eigenvalue weighted by Gasteiger charge is 2.30. The molecule has 1 aromatic carbocycles. The second kappa shape index (κ2) is 5.25. The Labute approximate surface area is 125 Å². The summed E-state index contributed by atoms with van der Waals surface area (Å²) in [4.78, 5) is 17.2. The first-order valence-electron chi connectivity index (χ1n) is 6.47. The smallest absolute Gasteiger partial charge is 0.226 e. The number of amides is 1. The molecule has 3 rings (SSSR count). The summed E-state index contributed by atoms with van der Waals surface area (Å²) in [5.74, 6) is 0.952. The number of benzene rings is 1. The topological polar surface area (TPSA) is 83.5 Å². The van der Waals surface area contributed by atoms with Crippen LogP contribution in [0.25, 0.3) is 0 Å². The van der Waals surface area contributed by atoms with Crippen molar-refractivity contribution in [2.45, 2.75) is 12.3 Å². The molecule has 0 aliphatic carbocycles. The van der Waals surface area contributed by atoms with Crippen LogP contribution in [0.15, 0.2) is 18.2 Å². The van der Waals surface area contributed by atoms with E-state index in [0.717, 1.165) is 15.6 Å². The number of nitrogens with zero attached hydrogens (tertiary/aromatic N) is 1. The lowest BCUT2D eigenvalue weighted by Gasteiger charge is -2.22. The molecule has 110 valence electrons. The zero-order chi connectivity index (χ0) is 15.0. The first kappa shape index (κ1) is 13.7. The Morgan fingerprint density at radius 1 is 1.52 bits per heavy atom. The van der Waals surface area contributed by atoms with Gasteiger partial charge in [-0.2, -0.15) is 0 Å². The van der Waals surface area contributed by atoms with Gasteiger partial charge in [0.05, 0.1) is 12.0 Å². The molecule has 0 saturated carbocycles. The normalized spacial score (nSPS) is 17.0. The molecule has 1 aliphatic heterocycles. The zero-order valence-corrected chi connectivity index (χ0v) is 12.5. The lowest BCUT2D eigenvalue weighted by Crippen LogP contribution is -2.22. The molecule has 1 aliphatic rings. The minimum atomic E-state index is -0.0807. The van der Waals surface area contributed by atoms with Crippen molar-refractivity contribution in [3.05, 3.63) is 28.6 Å². The van der Waals surface area contributed by atoms with Crippen LogP contribution in [-0.2, 0) is 4.79 Å². The van der Waals surface area contributed by atoms with E-state index in [0.29, 0.717) is 18.0 Å². The molecule has 1 amide bonds. The monoisotopic (exact) mass is 305 g/mol. The molecule has 0 unspecified atom stereocenters. The van der Waals surface area contributed by atoms with Crippen LogP contribution in [0.4, 0.5) is 10.9 Å². The number of phenols is 1. The number of methoxy groups -OCH3 is 1. The average molecular weight is 305 g/mol. The molecular weight excluding hydrogens is 290 g/mol. The molecule has 0 radical (unpaired) electrons. The van der Waals surface area contributed by atoms with Crippen LogP contribution >= 0.6 is 11.3 Å². The molecule has 3 N–H and O–H groups in total. The fourth-order valence-corrected chi connectivity index (χ4v) is 3.41. The number of carbonyl (C=O) groups excluding carboxylic acids is 1. The van der Waals surface area contributed by atoms with Gasteiger partial charge >= 0.3 is 0 Å². The van der Waals surface area contributed by atoms with Crippen LogP contribution in [0.3, 0.4) is 0 Å². The van der Waals surface area contributed by atoms with Gasteiger partial charge in [0.25, 0.3) is 0 Å². The SMILES string of the molecule is CNc1nc2c(s1)[C@H](c1ccc(O)c(OC)c1)CC(=O)N2. The second-order valence-electron chi connectivity index (χ2n) is 4.72. The summed E-state index contributed by atoms with van der Waals surface area (Å²) in [6, 6.07) is 5.16. The first-order chi connectivity index (χ1) is 10.1. The van der Waals surface area contributed by atoms with Gasteiger partial charge in [-0.1, -0.05) is 17.4 Å². The number of rotatable bonds is 3. The van der Waals surface area contributed by atoms with Crippen LogP contribution in [-0.4, -0.2) is 30.2 Å². The molecule has 2 aromatic rings. The maximum atomic E-state index is 11.9. The van der Waals surface area contributed by atoms with Crippen molar-refractivity contribution < 1.29 is 14.6 Å². The zero-order valence-electron chi connectivity index (χ0n) is 11.6. The molecule has 1 aromatic heterocycles. The van der Waals surface area contributed by atoms with Crippen LogP contribution in [0.2, 0.25) is 0 Å². The number of thiazole rings is 1. The highest BCUT2D eigenvalue weighted by molar-refractivity contribution is 7.16. The largest absolute Gasteiger partial charge is 0.504 e. The van der Waals surface area contributed by atoms with Gasteiger partial charge in [-0.25, -0.2) is 4.98 Å². The summed E-state index contributed by atoms with van der Waals surface area (Å²) in [7, 11) is 3.30. The minimum Gasteiger partial charge on any atom is -0.504 e. The standard InChI is InChI=1S/C14H15N3O3S/c1-15-14-17-13-12(21-14)8(6-11(19)16-13)7-3-4-9(18)10(5-7)20-2/h3-5,8,18H,6H2,1-2H3,(H,15,17)(H,16,19)/t8-/m0/s1. The highest BCUT2D eigenvalue weighted by Crippen LogP contribution is 2.43. The Morgan fingerprint density at radius 3 is 3.05 bits per heavy atom. The number of fused-ring (bicyclic) bond motifs is 1. The Balaban J connectivity index is 2.06. The van der Waals surface area contributed by atoms with E-state index >= 15 is 0 Å². The molecule has 21 heavy (non-hydrogen) atoms. The fourth-order valence-electron chi connectivity index (χ4n) is 2.41. The summed E-state index contributed by atoms with van der Waals surface area (Å²) >= 11 is 1.52. The van der Waals surface area contributed by atoms with Crippen LogP contribution in [0.1, 0.15) is 22.8 Å². The van der Waals surface area contributed by atoms with Crippen molar-refractivity contribution >= 4 is 28.2 Å². The van der Waals surface area contributed by atoms with E-state index in [1.807, 2.05) is 6.07 Å². The predicted octanol–water partition coefficient (Wildman–Crippen LogP) is 2.37. The minimum absolute atomic E-state index is 0.0625. The van der Waals surface area contributed by atoms with Crippen LogP contribution < -0.4 is 15.4 Å². The number of ether oxygens (including phenoxy) is 1. The molecule has 2 heterocycles. The second-order valence-corrected chi connectivity index (χ2v) is 5.75. The summed E-state index contributed by atoms with van der Waals surface area (Å²) in [6.45, 7) is 0. The number of hydrogen-bond donors (Lipinski definition) is 3. The van der Waals surface area contributed by atoms with Crippen molar-refractivity contribution in [3.63, 3.8) is 0 Å². The third-order valence-corrected chi connectivity index (χ3v) is 4.62. The van der Waals surface area contributed by atoms with E-state index in [2.05, 4.69) is 15.6 Å². The van der Waals surface area contributed by atoms with E-state index < -0.39 is 0 Å². The van der Waals surface area contributed by atoms with Crippen molar-refractivity contribution in [1.29, 1.82) is 0 Å². The average Bonchev–Trinajstić information content (AvgIpc) is 2.89. The number of anilines is 2. The predicted molar refractivity (Wildman–Crippen MR) is 81.4 cm³/mol. The molecule has 0 bridgehead atoms. The number of nitrogens with one attached hydrogen (secondary N) is 2. The van der Waals surface area contributed by atoms with Gasteiger partial charge < -0.3 is 20.5 Å². The van der Waals surface area contributed by atoms with Gasteiger partial charge in [0.1, 0.15) is 5.82 Å². The van der Waals surface area contributed by atoms with E-state index in [-0.39, 0.29) is 17.6 Å². The van der Waals surface area contributed by atoms with Gasteiger partial charge in [-0.3, -0.25) is 4.79 Å². The number of hydrogen-bond acceptors (Lipinski definition) is 6. The number of aromatic nitrogens is 1. The number of carbonyl (C=O) groups is 1. The molecule has 0 saturated heterocycles. The van der Waals surface area contributed by atoms with Crippen LogP contribution in [0.5, 0.6) is 11.5 Å². The maximum Gasteiger partial charge on any atom is 0.226 e. The van der Waals surface area contributed by atoms with Crippen molar-refractivity contribution in [2.24, 2.45) is 0 Å². The van der Waals surface area contributed by atoms with Gasteiger partial charge in [0.15, 0.2) is 16.6 Å². The van der Waals surface area contributed by atoms with Gasteiger partial charge in [0, 0.05) is 19.4 Å². The van der Waals surface area contributed by atoms with Crippen molar-refractivity contribution in [1.82, 2.24) is 4.98 Å². The third-order valence-electron chi connectivity index (χ3n) is 3.44. The summed E-state index contributed by atoms with van der Waals surface area (Å²) < 4.78 is 5.14. The van der Waals surface area contributed by atoms with Gasteiger partial charge in [-0.05, 0) is 17.7 Å². The Morgan fingerprint density at radius 2 is 2.33 bits per heavy atom. The van der Waals surface area contributed by atoms with Crippen LogP contribution in [0, 0.1) is 0 Å². The molecule has 1 atom stereocenters. The highest BCUT2D eigenvalue weighted by atomic mass is 32.1. The van der Waals surface area contributed by atoms with Gasteiger partial charge in [0.2, 0.25) is 5.91 Å². The summed E-state index contributed by atoms with van der Waals surface area (Å²) in [5.41, 5.74) is 0.923. The lowest BCUT2D eigenvalue weighted by molar-refractivity contribution is -0.116. The summed E-state index contributed by atoms with van der Waals surface area (Å²) in [6.07, 6.45) is 0.353. The number of aromatic hydroxyl groups is 1. The molecule has 7 heteroatoms.